The molecule has 1 heterocycles. The van der Waals surface area contributed by atoms with Gasteiger partial charge in [-0.2, -0.15) is 0 Å². The number of rotatable bonds is 2. The molecule has 0 saturated carbocycles. The van der Waals surface area contributed by atoms with Gasteiger partial charge in [0.2, 0.25) is 0 Å². The lowest BCUT2D eigenvalue weighted by Gasteiger charge is -2.15. The summed E-state index contributed by atoms with van der Waals surface area (Å²) >= 11 is 0. The first kappa shape index (κ1) is 16.9. The highest BCUT2D eigenvalue weighted by Gasteiger charge is 2.22. The van der Waals surface area contributed by atoms with Gasteiger partial charge in [-0.25, -0.2) is 0 Å². The average molecular weight is 342 g/mol. The van der Waals surface area contributed by atoms with Crippen LogP contribution < -0.4 is 0 Å². The van der Waals surface area contributed by atoms with E-state index in [4.69, 9.17) is 4.42 Å². The largest absolute Gasteiger partial charge is 0.461 e. The summed E-state index contributed by atoms with van der Waals surface area (Å²) < 4.78 is 5.99. The molecular formula is C25H26O. The number of fused-ring (bicyclic) bond motifs is 1. The van der Waals surface area contributed by atoms with Crippen LogP contribution in [0.25, 0.3) is 22.8 Å². The molecule has 0 radical (unpaired) electrons. The fraction of sp³-hybridized carbons (Fsp3) is 0.280. The van der Waals surface area contributed by atoms with Crippen molar-refractivity contribution in [1.82, 2.24) is 0 Å². The summed E-state index contributed by atoms with van der Waals surface area (Å²) in [5.74, 6) is 2.02. The van der Waals surface area contributed by atoms with Crippen molar-refractivity contribution >= 4 is 11.6 Å². The summed E-state index contributed by atoms with van der Waals surface area (Å²) in [5.41, 5.74) is 13.4. The molecule has 1 aromatic heterocycles. The van der Waals surface area contributed by atoms with Crippen LogP contribution in [-0.2, 0) is 6.42 Å². The van der Waals surface area contributed by atoms with Crippen molar-refractivity contribution in [2.45, 2.75) is 48.0 Å². The van der Waals surface area contributed by atoms with E-state index in [9.17, 15) is 0 Å². The minimum absolute atomic E-state index is 0.943. The van der Waals surface area contributed by atoms with Crippen molar-refractivity contribution in [1.29, 1.82) is 0 Å². The molecule has 132 valence electrons. The summed E-state index contributed by atoms with van der Waals surface area (Å²) in [6, 6.07) is 11.4. The van der Waals surface area contributed by atoms with Gasteiger partial charge in [-0.1, -0.05) is 24.3 Å². The number of benzene rings is 2. The van der Waals surface area contributed by atoms with Crippen LogP contribution in [0.15, 0.2) is 34.7 Å². The third-order valence-electron chi connectivity index (χ3n) is 5.94. The number of aryl methyl sites for hydroxylation is 5. The highest BCUT2D eigenvalue weighted by Crippen LogP contribution is 2.40. The Morgan fingerprint density at radius 3 is 2.08 bits per heavy atom. The Kier molecular flexibility index (Phi) is 3.91. The molecule has 0 bridgehead atoms. The highest BCUT2D eigenvalue weighted by molar-refractivity contribution is 5.94. The highest BCUT2D eigenvalue weighted by atomic mass is 16.3. The maximum absolute atomic E-state index is 5.99. The summed E-state index contributed by atoms with van der Waals surface area (Å²) in [4.78, 5) is 0. The zero-order chi connectivity index (χ0) is 18.6. The third-order valence-corrected chi connectivity index (χ3v) is 5.94. The van der Waals surface area contributed by atoms with E-state index in [1.54, 1.807) is 0 Å². The lowest BCUT2D eigenvalue weighted by atomic mass is 9.89. The van der Waals surface area contributed by atoms with Crippen LogP contribution in [0, 0.1) is 41.5 Å². The first-order valence-electron chi connectivity index (χ1n) is 9.34. The van der Waals surface area contributed by atoms with E-state index in [0.29, 0.717) is 0 Å². The predicted octanol–water partition coefficient (Wildman–Crippen LogP) is 6.89. The van der Waals surface area contributed by atoms with Crippen LogP contribution in [0.2, 0.25) is 0 Å². The van der Waals surface area contributed by atoms with E-state index in [-0.39, 0.29) is 0 Å². The van der Waals surface area contributed by atoms with Crippen molar-refractivity contribution in [3.05, 3.63) is 80.8 Å². The fourth-order valence-electron chi connectivity index (χ4n) is 3.97. The van der Waals surface area contributed by atoms with Crippen LogP contribution in [0.3, 0.4) is 0 Å². The summed E-state index contributed by atoms with van der Waals surface area (Å²) in [6.07, 6.45) is 3.28. The second-order valence-corrected chi connectivity index (χ2v) is 7.76. The van der Waals surface area contributed by atoms with Gasteiger partial charge in [0.15, 0.2) is 0 Å². The normalized spacial score (nSPS) is 13.1. The Bertz CT molecular complexity index is 1020. The van der Waals surface area contributed by atoms with Gasteiger partial charge in [0.25, 0.3) is 0 Å². The van der Waals surface area contributed by atoms with E-state index in [2.05, 4.69) is 71.0 Å². The molecule has 0 atom stereocenters. The fourth-order valence-corrected chi connectivity index (χ4v) is 3.97. The number of hydrogen-bond donors (Lipinski definition) is 0. The molecule has 0 amide bonds. The Morgan fingerprint density at radius 1 is 0.769 bits per heavy atom. The van der Waals surface area contributed by atoms with Gasteiger partial charge in [-0.05, 0) is 109 Å². The summed E-state index contributed by atoms with van der Waals surface area (Å²) in [7, 11) is 0. The molecule has 4 rings (SSSR count). The molecule has 0 aliphatic heterocycles. The van der Waals surface area contributed by atoms with Gasteiger partial charge in [-0.3, -0.25) is 0 Å². The number of allylic oxidation sites excluding steroid dienone is 1. The van der Waals surface area contributed by atoms with Crippen molar-refractivity contribution in [3.8, 4) is 11.1 Å². The van der Waals surface area contributed by atoms with Gasteiger partial charge < -0.3 is 4.42 Å². The van der Waals surface area contributed by atoms with Crippen LogP contribution in [-0.4, -0.2) is 0 Å². The van der Waals surface area contributed by atoms with Crippen LogP contribution in [0.1, 0.15) is 50.5 Å². The maximum atomic E-state index is 5.99. The lowest BCUT2D eigenvalue weighted by molar-refractivity contribution is 0.518. The van der Waals surface area contributed by atoms with Crippen molar-refractivity contribution in [2.75, 3.05) is 0 Å². The lowest BCUT2D eigenvalue weighted by Crippen LogP contribution is -1.94. The molecule has 2 aromatic carbocycles. The summed E-state index contributed by atoms with van der Waals surface area (Å²) in [5, 5.41) is 0. The molecule has 0 N–H and O–H groups in total. The maximum Gasteiger partial charge on any atom is 0.130 e. The molecule has 3 aromatic rings. The Morgan fingerprint density at radius 2 is 1.46 bits per heavy atom. The quantitative estimate of drug-likeness (QED) is 0.494. The molecular weight excluding hydrogens is 316 g/mol. The average Bonchev–Trinajstić information content (AvgIpc) is 3.16. The summed E-state index contributed by atoms with van der Waals surface area (Å²) in [6.45, 7) is 13.0. The minimum atomic E-state index is 0.943. The molecule has 0 fully saturated rings. The van der Waals surface area contributed by atoms with E-state index < -0.39 is 0 Å². The SMILES string of the molecule is Cc1cc(C2=Cc3c(ccc(C)c3-c3cc(C)c(C)c(C)c3)C2)oc1C. The molecule has 0 saturated heterocycles. The monoisotopic (exact) mass is 342 g/mol. The number of furan rings is 1. The van der Waals surface area contributed by atoms with Gasteiger partial charge in [-0.15, -0.1) is 0 Å². The van der Waals surface area contributed by atoms with Gasteiger partial charge >= 0.3 is 0 Å². The van der Waals surface area contributed by atoms with E-state index >= 15 is 0 Å². The van der Waals surface area contributed by atoms with Crippen molar-refractivity contribution in [3.63, 3.8) is 0 Å². The molecule has 1 heteroatoms. The van der Waals surface area contributed by atoms with Gasteiger partial charge in [0.05, 0.1) is 0 Å². The molecule has 0 unspecified atom stereocenters. The molecule has 26 heavy (non-hydrogen) atoms. The number of hydrogen-bond acceptors (Lipinski definition) is 1. The van der Waals surface area contributed by atoms with E-state index in [0.717, 1.165) is 17.9 Å². The van der Waals surface area contributed by atoms with Crippen LogP contribution in [0.4, 0.5) is 0 Å². The minimum Gasteiger partial charge on any atom is -0.461 e. The first-order chi connectivity index (χ1) is 12.3. The Balaban J connectivity index is 1.88. The van der Waals surface area contributed by atoms with Crippen LogP contribution in [0.5, 0.6) is 0 Å². The second-order valence-electron chi connectivity index (χ2n) is 7.76. The Labute approximate surface area is 156 Å². The molecule has 0 spiro atoms. The smallest absolute Gasteiger partial charge is 0.130 e. The Hall–Kier alpha value is -2.54. The van der Waals surface area contributed by atoms with Crippen molar-refractivity contribution < 1.29 is 4.42 Å². The van der Waals surface area contributed by atoms with Crippen molar-refractivity contribution in [2.24, 2.45) is 0 Å². The zero-order valence-corrected chi connectivity index (χ0v) is 16.6. The molecule has 1 aliphatic rings. The molecule has 1 nitrogen and oxygen atoms in total. The van der Waals surface area contributed by atoms with E-state index in [1.165, 1.54) is 55.6 Å². The van der Waals surface area contributed by atoms with Crippen LogP contribution >= 0.6 is 0 Å². The van der Waals surface area contributed by atoms with Gasteiger partial charge in [0, 0.05) is 6.42 Å². The van der Waals surface area contributed by atoms with E-state index in [1.807, 2.05) is 6.92 Å². The predicted molar refractivity (Wildman–Crippen MR) is 111 cm³/mol. The zero-order valence-electron chi connectivity index (χ0n) is 16.6. The second kappa shape index (κ2) is 6.02. The first-order valence-corrected chi connectivity index (χ1v) is 9.34. The third kappa shape index (κ3) is 2.63. The standard InChI is InChI=1S/C25H26O/c1-14-7-8-20-12-21(24-11-17(4)19(6)26-24)13-23(20)25(14)22-9-15(2)18(5)16(3)10-22/h7-11,13H,12H2,1-6H3. The molecule has 1 aliphatic carbocycles. The topological polar surface area (TPSA) is 13.1 Å². The van der Waals surface area contributed by atoms with Gasteiger partial charge in [0.1, 0.15) is 11.5 Å².